The first-order chi connectivity index (χ1) is 7.52. The minimum atomic E-state index is -1.51. The average Bonchev–Trinajstić information content (AvgIpc) is 2.67. The number of carbonyl (C=O) groups excluding carboxylic acids is 1. The summed E-state index contributed by atoms with van der Waals surface area (Å²) in [6.45, 7) is 0. The standard InChI is InChI=1S/C9H4BrClN2O3/c10-4-2-13-8(11)6-5(4)3(1-12-6)7(14)9(15)16/h1-2,12H,(H,15,16). The number of fused-ring (bicyclic) bond motifs is 1. The molecule has 0 amide bonds. The first-order valence-electron chi connectivity index (χ1n) is 4.11. The fraction of sp³-hybridized carbons (Fsp3) is 0. The number of ketones is 1. The molecule has 2 rings (SSSR count). The molecule has 0 saturated carbocycles. The molecule has 2 aromatic rings. The van der Waals surface area contributed by atoms with Gasteiger partial charge in [-0.2, -0.15) is 0 Å². The normalized spacial score (nSPS) is 10.6. The lowest BCUT2D eigenvalue weighted by molar-refractivity contribution is -0.131. The molecule has 2 heterocycles. The van der Waals surface area contributed by atoms with Gasteiger partial charge in [-0.1, -0.05) is 11.6 Å². The number of halogens is 2. The summed E-state index contributed by atoms with van der Waals surface area (Å²) in [5.74, 6) is -2.50. The van der Waals surface area contributed by atoms with E-state index in [0.29, 0.717) is 15.4 Å². The van der Waals surface area contributed by atoms with Crippen molar-refractivity contribution in [2.75, 3.05) is 0 Å². The summed E-state index contributed by atoms with van der Waals surface area (Å²) < 4.78 is 0.512. The smallest absolute Gasteiger partial charge is 0.377 e. The van der Waals surface area contributed by atoms with Crippen molar-refractivity contribution in [1.82, 2.24) is 9.97 Å². The van der Waals surface area contributed by atoms with Crippen LogP contribution >= 0.6 is 27.5 Å². The Balaban J connectivity index is 2.78. The highest BCUT2D eigenvalue weighted by Crippen LogP contribution is 2.30. The number of pyridine rings is 1. The van der Waals surface area contributed by atoms with Gasteiger partial charge in [0.15, 0.2) is 5.15 Å². The van der Waals surface area contributed by atoms with Crippen molar-refractivity contribution in [3.05, 3.63) is 27.6 Å². The SMILES string of the molecule is O=C(O)C(=O)c1c[nH]c2c(Cl)ncc(Br)c12. The molecule has 16 heavy (non-hydrogen) atoms. The fourth-order valence-corrected chi connectivity index (χ4v) is 2.08. The molecule has 0 saturated heterocycles. The summed E-state index contributed by atoms with van der Waals surface area (Å²) in [5.41, 5.74) is 0.485. The molecule has 0 unspecified atom stereocenters. The largest absolute Gasteiger partial charge is 0.475 e. The Labute approximate surface area is 103 Å². The van der Waals surface area contributed by atoms with E-state index in [1.807, 2.05) is 0 Å². The zero-order chi connectivity index (χ0) is 11.9. The molecule has 0 fully saturated rings. The number of carbonyl (C=O) groups is 2. The number of carboxylic acids is 1. The molecule has 7 heteroatoms. The lowest BCUT2D eigenvalue weighted by Gasteiger charge is -1.98. The van der Waals surface area contributed by atoms with E-state index in [9.17, 15) is 9.59 Å². The maximum atomic E-state index is 11.4. The topological polar surface area (TPSA) is 83.0 Å². The number of aromatic nitrogens is 2. The van der Waals surface area contributed by atoms with Crippen LogP contribution in [0.5, 0.6) is 0 Å². The van der Waals surface area contributed by atoms with Crippen LogP contribution in [0.15, 0.2) is 16.9 Å². The van der Waals surface area contributed by atoms with Crippen LogP contribution in [-0.4, -0.2) is 26.8 Å². The first-order valence-corrected chi connectivity index (χ1v) is 5.28. The van der Waals surface area contributed by atoms with Crippen molar-refractivity contribution in [3.8, 4) is 0 Å². The van der Waals surface area contributed by atoms with Gasteiger partial charge >= 0.3 is 5.97 Å². The summed E-state index contributed by atoms with van der Waals surface area (Å²) >= 11 is 9.00. The number of hydrogen-bond acceptors (Lipinski definition) is 3. The van der Waals surface area contributed by atoms with Crippen molar-refractivity contribution < 1.29 is 14.7 Å². The number of Topliss-reactive ketones (excluding diaryl/α,β-unsaturated/α-hetero) is 1. The Morgan fingerprint density at radius 2 is 2.19 bits per heavy atom. The molecule has 2 N–H and O–H groups in total. The Morgan fingerprint density at radius 3 is 2.81 bits per heavy atom. The van der Waals surface area contributed by atoms with Gasteiger partial charge in [0.05, 0.1) is 11.1 Å². The average molecular weight is 303 g/mol. The molecular formula is C9H4BrClN2O3. The number of nitrogens with zero attached hydrogens (tertiary/aromatic N) is 1. The van der Waals surface area contributed by atoms with Crippen LogP contribution in [0.2, 0.25) is 5.15 Å². The third-order valence-corrected chi connectivity index (χ3v) is 2.94. The van der Waals surface area contributed by atoms with Crippen molar-refractivity contribution in [3.63, 3.8) is 0 Å². The minimum Gasteiger partial charge on any atom is -0.475 e. The third-order valence-electron chi connectivity index (χ3n) is 2.06. The van der Waals surface area contributed by atoms with Crippen LogP contribution in [-0.2, 0) is 4.79 Å². The molecule has 0 aliphatic carbocycles. The number of hydrogen-bond donors (Lipinski definition) is 2. The van der Waals surface area contributed by atoms with Crippen molar-refractivity contribution >= 4 is 50.2 Å². The summed E-state index contributed by atoms with van der Waals surface area (Å²) in [6, 6.07) is 0. The zero-order valence-corrected chi connectivity index (χ0v) is 9.96. The molecule has 2 aromatic heterocycles. The second-order valence-electron chi connectivity index (χ2n) is 2.98. The molecule has 0 radical (unpaired) electrons. The molecule has 82 valence electrons. The van der Waals surface area contributed by atoms with Gasteiger partial charge < -0.3 is 10.1 Å². The van der Waals surface area contributed by atoms with Crippen LogP contribution in [0.1, 0.15) is 10.4 Å². The fourth-order valence-electron chi connectivity index (χ4n) is 1.37. The molecular weight excluding hydrogens is 299 g/mol. The van der Waals surface area contributed by atoms with Gasteiger partial charge in [-0.25, -0.2) is 9.78 Å². The van der Waals surface area contributed by atoms with E-state index in [4.69, 9.17) is 16.7 Å². The summed E-state index contributed by atoms with van der Waals surface area (Å²) in [7, 11) is 0. The highest BCUT2D eigenvalue weighted by Gasteiger charge is 2.21. The predicted molar refractivity (Wildman–Crippen MR) is 60.8 cm³/mol. The van der Waals surface area contributed by atoms with Gasteiger partial charge in [-0.05, 0) is 15.9 Å². The van der Waals surface area contributed by atoms with Crippen LogP contribution in [0.3, 0.4) is 0 Å². The predicted octanol–water partition coefficient (Wildman–Crippen LogP) is 2.25. The van der Waals surface area contributed by atoms with E-state index >= 15 is 0 Å². The Bertz CT molecular complexity index is 608. The molecule has 0 bridgehead atoms. The monoisotopic (exact) mass is 302 g/mol. The minimum absolute atomic E-state index is 0.0543. The zero-order valence-electron chi connectivity index (χ0n) is 7.62. The van der Waals surface area contributed by atoms with Crippen LogP contribution in [0.4, 0.5) is 0 Å². The second kappa shape index (κ2) is 3.88. The lowest BCUT2D eigenvalue weighted by Crippen LogP contribution is -2.12. The van der Waals surface area contributed by atoms with Gasteiger partial charge in [-0.3, -0.25) is 4.79 Å². The number of H-pyrrole nitrogens is 1. The third kappa shape index (κ3) is 1.60. The number of aromatic amines is 1. The van der Waals surface area contributed by atoms with Gasteiger partial charge in [0.25, 0.3) is 5.78 Å². The highest BCUT2D eigenvalue weighted by molar-refractivity contribution is 9.10. The van der Waals surface area contributed by atoms with E-state index < -0.39 is 11.8 Å². The Hall–Kier alpha value is -1.40. The van der Waals surface area contributed by atoms with E-state index in [0.717, 1.165) is 0 Å². The molecule has 0 aromatic carbocycles. The van der Waals surface area contributed by atoms with Crippen molar-refractivity contribution in [2.24, 2.45) is 0 Å². The number of rotatable bonds is 2. The quantitative estimate of drug-likeness (QED) is 0.506. The van der Waals surface area contributed by atoms with Crippen LogP contribution < -0.4 is 0 Å². The molecule has 0 spiro atoms. The highest BCUT2D eigenvalue weighted by atomic mass is 79.9. The van der Waals surface area contributed by atoms with Gasteiger partial charge in [0, 0.05) is 22.3 Å². The maximum Gasteiger partial charge on any atom is 0.377 e. The van der Waals surface area contributed by atoms with Gasteiger partial charge in [-0.15, -0.1) is 0 Å². The van der Waals surface area contributed by atoms with Gasteiger partial charge in [0.2, 0.25) is 0 Å². The van der Waals surface area contributed by atoms with Crippen molar-refractivity contribution in [1.29, 1.82) is 0 Å². The number of aliphatic carboxylic acids is 1. The lowest BCUT2D eigenvalue weighted by atomic mass is 10.1. The summed E-state index contributed by atoms with van der Waals surface area (Å²) in [4.78, 5) is 28.6. The second-order valence-corrected chi connectivity index (χ2v) is 4.20. The first kappa shape index (κ1) is 11.1. The maximum absolute atomic E-state index is 11.4. The molecule has 0 atom stereocenters. The van der Waals surface area contributed by atoms with Crippen molar-refractivity contribution in [2.45, 2.75) is 0 Å². The molecule has 0 aliphatic rings. The Morgan fingerprint density at radius 1 is 1.50 bits per heavy atom. The molecule has 5 nitrogen and oxygen atoms in total. The van der Waals surface area contributed by atoms with Crippen LogP contribution in [0, 0.1) is 0 Å². The Kier molecular flexibility index (Phi) is 2.69. The summed E-state index contributed by atoms with van der Waals surface area (Å²) in [5, 5.41) is 9.25. The van der Waals surface area contributed by atoms with E-state index in [-0.39, 0.29) is 10.7 Å². The van der Waals surface area contributed by atoms with E-state index in [1.165, 1.54) is 12.4 Å². The van der Waals surface area contributed by atoms with E-state index in [1.54, 1.807) is 0 Å². The molecule has 0 aliphatic heterocycles. The van der Waals surface area contributed by atoms with Crippen LogP contribution in [0.25, 0.3) is 10.9 Å². The van der Waals surface area contributed by atoms with E-state index in [2.05, 4.69) is 25.9 Å². The number of nitrogens with one attached hydrogen (secondary N) is 1. The number of carboxylic acid groups (broad SMARTS) is 1. The summed E-state index contributed by atoms with van der Waals surface area (Å²) in [6.07, 6.45) is 2.72. The van der Waals surface area contributed by atoms with Gasteiger partial charge in [0.1, 0.15) is 0 Å².